The van der Waals surface area contributed by atoms with Gasteiger partial charge in [-0.05, 0) is 33.0 Å². The minimum Gasteiger partial charge on any atom is -0.356 e. The predicted octanol–water partition coefficient (Wildman–Crippen LogP) is 0.589. The van der Waals surface area contributed by atoms with Crippen LogP contribution >= 0.6 is 0 Å². The number of nitrogens with zero attached hydrogens (tertiary/aromatic N) is 3. The molecule has 0 bridgehead atoms. The fourth-order valence-electron chi connectivity index (χ4n) is 2.26. The van der Waals surface area contributed by atoms with Crippen LogP contribution in [0.25, 0.3) is 0 Å². The predicted molar refractivity (Wildman–Crippen MR) is 82.8 cm³/mol. The van der Waals surface area contributed by atoms with Gasteiger partial charge in [-0.1, -0.05) is 13.3 Å². The molecule has 1 saturated heterocycles. The molecule has 5 nitrogen and oxygen atoms in total. The zero-order chi connectivity index (χ0) is 13.9. The molecule has 1 heterocycles. The molecule has 112 valence electrons. The van der Waals surface area contributed by atoms with Crippen molar-refractivity contribution in [2.45, 2.75) is 26.2 Å². The lowest BCUT2D eigenvalue weighted by Crippen LogP contribution is -2.42. The Bertz CT molecular complexity index is 254. The summed E-state index contributed by atoms with van der Waals surface area (Å²) < 4.78 is 0. The molecule has 2 N–H and O–H groups in total. The first kappa shape index (κ1) is 16.2. The molecule has 1 fully saturated rings. The lowest BCUT2D eigenvalue weighted by molar-refractivity contribution is 0.280. The maximum Gasteiger partial charge on any atom is 0.191 e. The van der Waals surface area contributed by atoms with E-state index in [9.17, 15) is 0 Å². The van der Waals surface area contributed by atoms with Crippen molar-refractivity contribution in [2.75, 3.05) is 59.9 Å². The van der Waals surface area contributed by atoms with Crippen LogP contribution in [0.2, 0.25) is 0 Å². The molecule has 19 heavy (non-hydrogen) atoms. The number of nitrogens with one attached hydrogen (secondary N) is 2. The van der Waals surface area contributed by atoms with Crippen LogP contribution in [-0.2, 0) is 0 Å². The SMILES string of the molecule is CCCCNC(=NC)NCCN1CCCN(C)CC1. The maximum atomic E-state index is 4.24. The summed E-state index contributed by atoms with van der Waals surface area (Å²) in [6.07, 6.45) is 3.68. The van der Waals surface area contributed by atoms with Gasteiger partial charge in [0.25, 0.3) is 0 Å². The van der Waals surface area contributed by atoms with Crippen molar-refractivity contribution in [2.24, 2.45) is 4.99 Å². The van der Waals surface area contributed by atoms with Crippen molar-refractivity contribution in [3.05, 3.63) is 0 Å². The Kier molecular flexibility index (Phi) is 8.58. The van der Waals surface area contributed by atoms with E-state index in [0.29, 0.717) is 0 Å². The Labute approximate surface area is 118 Å². The molecule has 0 aromatic rings. The second-order valence-corrected chi connectivity index (χ2v) is 5.28. The first-order valence-corrected chi connectivity index (χ1v) is 7.61. The molecular formula is C14H31N5. The van der Waals surface area contributed by atoms with Gasteiger partial charge >= 0.3 is 0 Å². The van der Waals surface area contributed by atoms with Gasteiger partial charge in [-0.3, -0.25) is 4.99 Å². The molecule has 0 aromatic carbocycles. The molecule has 1 aliphatic heterocycles. The van der Waals surface area contributed by atoms with E-state index in [1.165, 1.54) is 45.4 Å². The Morgan fingerprint density at radius 2 is 1.89 bits per heavy atom. The summed E-state index contributed by atoms with van der Waals surface area (Å²) in [5.74, 6) is 0.931. The number of unbranched alkanes of at least 4 members (excludes halogenated alkanes) is 1. The normalized spacial score (nSPS) is 19.2. The highest BCUT2D eigenvalue weighted by Crippen LogP contribution is 1.99. The largest absolute Gasteiger partial charge is 0.356 e. The Hall–Kier alpha value is -0.810. The smallest absolute Gasteiger partial charge is 0.191 e. The van der Waals surface area contributed by atoms with Gasteiger partial charge in [-0.15, -0.1) is 0 Å². The molecule has 0 spiro atoms. The van der Waals surface area contributed by atoms with Gasteiger partial charge in [0.1, 0.15) is 0 Å². The number of aliphatic imine (C=N–C) groups is 1. The zero-order valence-corrected chi connectivity index (χ0v) is 12.9. The van der Waals surface area contributed by atoms with E-state index in [2.05, 4.69) is 39.4 Å². The van der Waals surface area contributed by atoms with Gasteiger partial charge in [0.2, 0.25) is 0 Å². The first-order valence-electron chi connectivity index (χ1n) is 7.61. The third-order valence-corrected chi connectivity index (χ3v) is 3.58. The maximum absolute atomic E-state index is 4.24. The topological polar surface area (TPSA) is 42.9 Å². The van der Waals surface area contributed by atoms with E-state index in [1.54, 1.807) is 0 Å². The lowest BCUT2D eigenvalue weighted by Gasteiger charge is -2.21. The summed E-state index contributed by atoms with van der Waals surface area (Å²) in [6.45, 7) is 10.1. The van der Waals surface area contributed by atoms with E-state index in [4.69, 9.17) is 0 Å². The third kappa shape index (κ3) is 7.38. The van der Waals surface area contributed by atoms with Crippen LogP contribution in [0.5, 0.6) is 0 Å². The third-order valence-electron chi connectivity index (χ3n) is 3.58. The molecule has 0 saturated carbocycles. The Morgan fingerprint density at radius 1 is 1.11 bits per heavy atom. The number of likely N-dealkylation sites (N-methyl/N-ethyl adjacent to an activating group) is 1. The Balaban J connectivity index is 2.13. The van der Waals surface area contributed by atoms with Gasteiger partial charge < -0.3 is 20.4 Å². The van der Waals surface area contributed by atoms with Gasteiger partial charge in [0, 0.05) is 39.8 Å². The van der Waals surface area contributed by atoms with Gasteiger partial charge in [0.05, 0.1) is 0 Å². The van der Waals surface area contributed by atoms with E-state index in [-0.39, 0.29) is 0 Å². The molecule has 0 atom stereocenters. The number of hydrogen-bond acceptors (Lipinski definition) is 3. The zero-order valence-electron chi connectivity index (χ0n) is 12.9. The van der Waals surface area contributed by atoms with E-state index in [1.807, 2.05) is 7.05 Å². The van der Waals surface area contributed by atoms with Crippen LogP contribution in [0, 0.1) is 0 Å². The molecule has 0 aliphatic carbocycles. The van der Waals surface area contributed by atoms with Crippen molar-refractivity contribution >= 4 is 5.96 Å². The highest BCUT2D eigenvalue weighted by Gasteiger charge is 2.11. The molecule has 0 radical (unpaired) electrons. The average molecular weight is 269 g/mol. The van der Waals surface area contributed by atoms with Gasteiger partial charge in [0.15, 0.2) is 5.96 Å². The highest BCUT2D eigenvalue weighted by atomic mass is 15.2. The van der Waals surface area contributed by atoms with E-state index in [0.717, 1.165) is 25.6 Å². The number of hydrogen-bond donors (Lipinski definition) is 2. The first-order chi connectivity index (χ1) is 9.26. The molecular weight excluding hydrogens is 238 g/mol. The minimum atomic E-state index is 0.931. The lowest BCUT2D eigenvalue weighted by atomic mass is 10.3. The summed E-state index contributed by atoms with van der Waals surface area (Å²) >= 11 is 0. The molecule has 0 aromatic heterocycles. The van der Waals surface area contributed by atoms with Crippen LogP contribution in [-0.4, -0.2) is 75.7 Å². The second-order valence-electron chi connectivity index (χ2n) is 5.28. The van der Waals surface area contributed by atoms with Crippen LogP contribution in [0.15, 0.2) is 4.99 Å². The van der Waals surface area contributed by atoms with Gasteiger partial charge in [-0.25, -0.2) is 0 Å². The molecule has 1 rings (SSSR count). The van der Waals surface area contributed by atoms with Crippen molar-refractivity contribution in [1.82, 2.24) is 20.4 Å². The highest BCUT2D eigenvalue weighted by molar-refractivity contribution is 5.79. The second kappa shape index (κ2) is 10.0. The molecule has 5 heteroatoms. The monoisotopic (exact) mass is 269 g/mol. The summed E-state index contributed by atoms with van der Waals surface area (Å²) in [4.78, 5) is 9.19. The summed E-state index contributed by atoms with van der Waals surface area (Å²) in [5.41, 5.74) is 0. The number of rotatable bonds is 6. The standard InChI is InChI=1S/C14H31N5/c1-4-5-7-16-14(15-2)17-8-11-19-10-6-9-18(3)12-13-19/h4-13H2,1-3H3,(H2,15,16,17). The van der Waals surface area contributed by atoms with Crippen LogP contribution in [0.1, 0.15) is 26.2 Å². The van der Waals surface area contributed by atoms with E-state index < -0.39 is 0 Å². The van der Waals surface area contributed by atoms with Crippen molar-refractivity contribution in [3.63, 3.8) is 0 Å². The summed E-state index contributed by atoms with van der Waals surface area (Å²) in [5, 5.41) is 6.73. The molecule has 0 unspecified atom stereocenters. The average Bonchev–Trinajstić information content (AvgIpc) is 2.62. The fourth-order valence-corrected chi connectivity index (χ4v) is 2.26. The molecule has 0 amide bonds. The van der Waals surface area contributed by atoms with E-state index >= 15 is 0 Å². The summed E-state index contributed by atoms with van der Waals surface area (Å²) in [7, 11) is 4.05. The summed E-state index contributed by atoms with van der Waals surface area (Å²) in [6, 6.07) is 0. The van der Waals surface area contributed by atoms with Gasteiger partial charge in [-0.2, -0.15) is 0 Å². The fraction of sp³-hybridized carbons (Fsp3) is 0.929. The molecule has 1 aliphatic rings. The van der Waals surface area contributed by atoms with Crippen LogP contribution in [0.3, 0.4) is 0 Å². The Morgan fingerprint density at radius 3 is 2.63 bits per heavy atom. The van der Waals surface area contributed by atoms with Crippen LogP contribution < -0.4 is 10.6 Å². The quantitative estimate of drug-likeness (QED) is 0.421. The van der Waals surface area contributed by atoms with Crippen molar-refractivity contribution in [3.8, 4) is 0 Å². The van der Waals surface area contributed by atoms with Crippen LogP contribution in [0.4, 0.5) is 0 Å². The van der Waals surface area contributed by atoms with Crippen molar-refractivity contribution < 1.29 is 0 Å². The number of guanidine groups is 1. The van der Waals surface area contributed by atoms with Crippen molar-refractivity contribution in [1.29, 1.82) is 0 Å². The minimum absolute atomic E-state index is 0.931.